The smallest absolute Gasteiger partial charge is 0.226 e. The Balaban J connectivity index is 1.54. The highest BCUT2D eigenvalue weighted by atomic mass is 16.1. The molecule has 0 radical (unpaired) electrons. The van der Waals surface area contributed by atoms with Crippen LogP contribution in [0.3, 0.4) is 0 Å². The van der Waals surface area contributed by atoms with Crippen LogP contribution in [0.25, 0.3) is 11.0 Å². The second kappa shape index (κ2) is 7.84. The van der Waals surface area contributed by atoms with Gasteiger partial charge in [0, 0.05) is 50.5 Å². The fraction of sp³-hybridized carbons (Fsp3) is 0.400. The molecule has 1 saturated heterocycles. The van der Waals surface area contributed by atoms with Gasteiger partial charge in [0.25, 0.3) is 0 Å². The van der Waals surface area contributed by atoms with E-state index < -0.39 is 0 Å². The molecular formula is C20H25N7O. The molecule has 28 heavy (non-hydrogen) atoms. The number of benzene rings is 1. The molecule has 1 aliphatic heterocycles. The van der Waals surface area contributed by atoms with Crippen LogP contribution in [0.2, 0.25) is 0 Å². The molecule has 0 unspecified atom stereocenters. The third-order valence-electron chi connectivity index (χ3n) is 5.14. The van der Waals surface area contributed by atoms with Crippen LogP contribution in [0, 0.1) is 5.92 Å². The summed E-state index contributed by atoms with van der Waals surface area (Å²) in [6.07, 6.45) is 7.99. The highest BCUT2D eigenvalue weighted by Gasteiger charge is 2.27. The SMILES string of the molecule is CNc1ccc(N2C[C@@H](C)C[C@@H](NC(=O)Cc3cnc[nH]3)C2)c2nccnc12. The molecule has 8 nitrogen and oxygen atoms in total. The topological polar surface area (TPSA) is 98.8 Å². The summed E-state index contributed by atoms with van der Waals surface area (Å²) in [7, 11) is 1.89. The Hall–Kier alpha value is -3.16. The number of carbonyl (C=O) groups is 1. The fourth-order valence-electron chi connectivity index (χ4n) is 3.99. The van der Waals surface area contributed by atoms with E-state index in [1.165, 1.54) is 0 Å². The average molecular weight is 379 g/mol. The zero-order valence-electron chi connectivity index (χ0n) is 16.1. The van der Waals surface area contributed by atoms with Crippen molar-refractivity contribution in [3.8, 4) is 0 Å². The maximum absolute atomic E-state index is 12.4. The Morgan fingerprint density at radius 1 is 1.25 bits per heavy atom. The largest absolute Gasteiger partial charge is 0.386 e. The Morgan fingerprint density at radius 3 is 2.82 bits per heavy atom. The standard InChI is InChI=1S/C20H25N7O/c1-13-7-15(26-18(28)8-14-9-22-12-25-14)11-27(10-13)17-4-3-16(21-2)19-20(17)24-6-5-23-19/h3-6,9,12-13,15,21H,7-8,10-11H2,1-2H3,(H,22,25)(H,26,28)/t13-,15+/m0/s1. The van der Waals surface area contributed by atoms with Crippen molar-refractivity contribution in [1.29, 1.82) is 0 Å². The molecule has 1 fully saturated rings. The molecule has 146 valence electrons. The summed E-state index contributed by atoms with van der Waals surface area (Å²) in [4.78, 5) is 30.8. The lowest BCUT2D eigenvalue weighted by Crippen LogP contribution is -2.50. The van der Waals surface area contributed by atoms with E-state index in [0.29, 0.717) is 12.3 Å². The fourth-order valence-corrected chi connectivity index (χ4v) is 3.99. The van der Waals surface area contributed by atoms with Crippen molar-refractivity contribution in [2.45, 2.75) is 25.8 Å². The number of anilines is 2. The lowest BCUT2D eigenvalue weighted by Gasteiger charge is -2.38. The summed E-state index contributed by atoms with van der Waals surface area (Å²) in [5.74, 6) is 0.473. The van der Waals surface area contributed by atoms with Gasteiger partial charge in [-0.1, -0.05) is 6.92 Å². The van der Waals surface area contributed by atoms with Crippen molar-refractivity contribution in [2.75, 3.05) is 30.4 Å². The molecule has 3 aromatic rings. The minimum absolute atomic E-state index is 0.0125. The first-order chi connectivity index (χ1) is 13.6. The minimum atomic E-state index is 0.0125. The number of piperidine rings is 1. The molecule has 0 bridgehead atoms. The summed E-state index contributed by atoms with van der Waals surface area (Å²) in [6.45, 7) is 3.90. The first-order valence-electron chi connectivity index (χ1n) is 9.57. The molecule has 0 spiro atoms. The number of carbonyl (C=O) groups excluding carboxylic acids is 1. The number of hydrogen-bond acceptors (Lipinski definition) is 6. The minimum Gasteiger partial charge on any atom is -0.386 e. The maximum atomic E-state index is 12.4. The molecule has 4 rings (SSSR count). The van der Waals surface area contributed by atoms with Gasteiger partial charge in [0.2, 0.25) is 5.91 Å². The number of fused-ring (bicyclic) bond motifs is 1. The monoisotopic (exact) mass is 379 g/mol. The first-order valence-corrected chi connectivity index (χ1v) is 9.57. The molecule has 1 aliphatic rings. The van der Waals surface area contributed by atoms with Crippen LogP contribution in [0.1, 0.15) is 19.0 Å². The van der Waals surface area contributed by atoms with Gasteiger partial charge in [0.05, 0.1) is 24.1 Å². The molecule has 3 N–H and O–H groups in total. The molecule has 3 heterocycles. The zero-order valence-corrected chi connectivity index (χ0v) is 16.1. The van der Waals surface area contributed by atoms with Gasteiger partial charge in [-0.15, -0.1) is 0 Å². The van der Waals surface area contributed by atoms with E-state index in [4.69, 9.17) is 0 Å². The summed E-state index contributed by atoms with van der Waals surface area (Å²) in [5, 5.41) is 6.36. The normalized spacial score (nSPS) is 19.6. The van der Waals surface area contributed by atoms with E-state index in [1.54, 1.807) is 24.9 Å². The number of H-pyrrole nitrogens is 1. The highest BCUT2D eigenvalue weighted by Crippen LogP contribution is 2.32. The third-order valence-corrected chi connectivity index (χ3v) is 5.14. The van der Waals surface area contributed by atoms with E-state index >= 15 is 0 Å². The summed E-state index contributed by atoms with van der Waals surface area (Å²) < 4.78 is 0. The predicted molar refractivity (Wildman–Crippen MR) is 109 cm³/mol. The molecular weight excluding hydrogens is 354 g/mol. The van der Waals surface area contributed by atoms with Crippen LogP contribution in [0.4, 0.5) is 11.4 Å². The van der Waals surface area contributed by atoms with Crippen LogP contribution in [0.15, 0.2) is 37.1 Å². The Labute approximate surface area is 163 Å². The van der Waals surface area contributed by atoms with Gasteiger partial charge >= 0.3 is 0 Å². The van der Waals surface area contributed by atoms with Gasteiger partial charge in [-0.05, 0) is 24.5 Å². The molecule has 1 amide bonds. The lowest BCUT2D eigenvalue weighted by atomic mass is 9.95. The summed E-state index contributed by atoms with van der Waals surface area (Å²) in [6, 6.07) is 4.22. The third kappa shape index (κ3) is 3.76. The van der Waals surface area contributed by atoms with Crippen molar-refractivity contribution in [2.24, 2.45) is 5.92 Å². The number of aromatic nitrogens is 4. The van der Waals surface area contributed by atoms with E-state index in [2.05, 4.69) is 48.5 Å². The predicted octanol–water partition coefficient (Wildman–Crippen LogP) is 1.97. The van der Waals surface area contributed by atoms with Gasteiger partial charge in [0.1, 0.15) is 11.0 Å². The maximum Gasteiger partial charge on any atom is 0.226 e. The van der Waals surface area contributed by atoms with Crippen molar-refractivity contribution < 1.29 is 4.79 Å². The molecule has 0 aliphatic carbocycles. The number of nitrogens with one attached hydrogen (secondary N) is 3. The van der Waals surface area contributed by atoms with Gasteiger partial charge < -0.3 is 20.5 Å². The van der Waals surface area contributed by atoms with Crippen LogP contribution in [-0.4, -0.2) is 52.0 Å². The van der Waals surface area contributed by atoms with E-state index in [-0.39, 0.29) is 11.9 Å². The van der Waals surface area contributed by atoms with Crippen LogP contribution >= 0.6 is 0 Å². The Kier molecular flexibility index (Phi) is 5.10. The van der Waals surface area contributed by atoms with Gasteiger partial charge in [-0.3, -0.25) is 14.8 Å². The quantitative estimate of drug-likeness (QED) is 0.627. The van der Waals surface area contributed by atoms with Crippen molar-refractivity contribution in [3.05, 3.63) is 42.7 Å². The summed E-state index contributed by atoms with van der Waals surface area (Å²) in [5.41, 5.74) is 4.58. The summed E-state index contributed by atoms with van der Waals surface area (Å²) >= 11 is 0. The van der Waals surface area contributed by atoms with Crippen molar-refractivity contribution in [3.63, 3.8) is 0 Å². The van der Waals surface area contributed by atoms with Crippen LogP contribution < -0.4 is 15.5 Å². The van der Waals surface area contributed by atoms with E-state index in [9.17, 15) is 4.79 Å². The lowest BCUT2D eigenvalue weighted by molar-refractivity contribution is -0.121. The zero-order chi connectivity index (χ0) is 19.5. The van der Waals surface area contributed by atoms with E-state index in [0.717, 1.165) is 47.6 Å². The van der Waals surface area contributed by atoms with Gasteiger partial charge in [-0.25, -0.2) is 4.98 Å². The van der Waals surface area contributed by atoms with Crippen LogP contribution in [0.5, 0.6) is 0 Å². The Bertz CT molecular complexity index is 956. The van der Waals surface area contributed by atoms with Crippen LogP contribution in [-0.2, 0) is 11.2 Å². The number of amides is 1. The highest BCUT2D eigenvalue weighted by molar-refractivity contribution is 5.96. The van der Waals surface area contributed by atoms with Crippen molar-refractivity contribution in [1.82, 2.24) is 25.3 Å². The molecule has 1 aromatic carbocycles. The number of rotatable bonds is 5. The molecule has 2 atom stereocenters. The van der Waals surface area contributed by atoms with Gasteiger partial charge in [0.15, 0.2) is 0 Å². The first kappa shape index (κ1) is 18.2. The van der Waals surface area contributed by atoms with Gasteiger partial charge in [-0.2, -0.15) is 0 Å². The molecule has 2 aromatic heterocycles. The Morgan fingerprint density at radius 2 is 2.07 bits per heavy atom. The van der Waals surface area contributed by atoms with E-state index in [1.807, 2.05) is 13.1 Å². The molecule has 0 saturated carbocycles. The number of hydrogen-bond donors (Lipinski definition) is 3. The van der Waals surface area contributed by atoms with Crippen molar-refractivity contribution >= 4 is 28.3 Å². The number of aromatic amines is 1. The average Bonchev–Trinajstić information content (AvgIpc) is 3.19. The number of nitrogens with zero attached hydrogens (tertiary/aromatic N) is 4. The number of imidazole rings is 1. The molecule has 8 heteroatoms. The second-order valence-corrected chi connectivity index (χ2v) is 7.40. The second-order valence-electron chi connectivity index (χ2n) is 7.40.